The van der Waals surface area contributed by atoms with Gasteiger partial charge in [0.25, 0.3) is 15.9 Å². The number of hydrogen-bond donors (Lipinski definition) is 3. The van der Waals surface area contributed by atoms with Gasteiger partial charge in [-0.3, -0.25) is 14.2 Å². The van der Waals surface area contributed by atoms with E-state index >= 15 is 0 Å². The second-order valence-corrected chi connectivity index (χ2v) is 10.8. The molecular weight excluding hydrogens is 450 g/mol. The van der Waals surface area contributed by atoms with Gasteiger partial charge in [0.2, 0.25) is 10.0 Å². The minimum Gasteiger partial charge on any atom is -0.322 e. The zero-order chi connectivity index (χ0) is 23.5. The number of carbonyl (C=O) groups is 1. The maximum absolute atomic E-state index is 12.6. The Morgan fingerprint density at radius 1 is 0.781 bits per heavy atom. The van der Waals surface area contributed by atoms with E-state index in [-0.39, 0.29) is 10.5 Å². The van der Waals surface area contributed by atoms with Gasteiger partial charge >= 0.3 is 0 Å². The summed E-state index contributed by atoms with van der Waals surface area (Å²) in [7, 11) is -7.27. The third kappa shape index (κ3) is 6.08. The van der Waals surface area contributed by atoms with E-state index in [4.69, 9.17) is 0 Å². The molecule has 0 spiro atoms. The summed E-state index contributed by atoms with van der Waals surface area (Å²) in [5.41, 5.74) is 3.00. The Labute approximate surface area is 187 Å². The fourth-order valence-corrected chi connectivity index (χ4v) is 4.59. The third-order valence-electron chi connectivity index (χ3n) is 4.49. The molecule has 0 heterocycles. The highest BCUT2D eigenvalue weighted by atomic mass is 32.2. The number of rotatable bonds is 7. The number of benzene rings is 3. The molecule has 0 fully saturated rings. The Hall–Kier alpha value is -3.37. The van der Waals surface area contributed by atoms with Crippen LogP contribution in [0.3, 0.4) is 0 Å². The fourth-order valence-electron chi connectivity index (χ4n) is 2.92. The van der Waals surface area contributed by atoms with Gasteiger partial charge in [-0.1, -0.05) is 18.2 Å². The quantitative estimate of drug-likeness (QED) is 0.483. The highest BCUT2D eigenvalue weighted by Crippen LogP contribution is 2.21. The van der Waals surface area contributed by atoms with Gasteiger partial charge < -0.3 is 5.32 Å². The molecule has 8 nitrogen and oxygen atoms in total. The molecule has 3 rings (SSSR count). The average molecular weight is 474 g/mol. The van der Waals surface area contributed by atoms with Crippen LogP contribution in [0.5, 0.6) is 0 Å². The summed E-state index contributed by atoms with van der Waals surface area (Å²) in [6.45, 7) is 3.59. The summed E-state index contributed by atoms with van der Waals surface area (Å²) in [5.74, 6) is -0.463. The van der Waals surface area contributed by atoms with E-state index in [2.05, 4.69) is 14.8 Å². The Morgan fingerprint density at radius 2 is 1.47 bits per heavy atom. The van der Waals surface area contributed by atoms with Gasteiger partial charge in [-0.05, 0) is 73.5 Å². The van der Waals surface area contributed by atoms with E-state index in [1.54, 1.807) is 37.3 Å². The van der Waals surface area contributed by atoms with E-state index in [1.807, 2.05) is 13.0 Å². The van der Waals surface area contributed by atoms with Crippen LogP contribution < -0.4 is 14.8 Å². The van der Waals surface area contributed by atoms with Crippen LogP contribution in [0.25, 0.3) is 0 Å². The highest BCUT2D eigenvalue weighted by molar-refractivity contribution is 7.92. The number of nitrogens with one attached hydrogen (secondary N) is 3. The van der Waals surface area contributed by atoms with Gasteiger partial charge in [0.1, 0.15) is 0 Å². The number of hydrogen-bond acceptors (Lipinski definition) is 5. The topological polar surface area (TPSA) is 121 Å². The summed E-state index contributed by atoms with van der Waals surface area (Å²) in [4.78, 5) is 12.6. The first-order valence-corrected chi connectivity index (χ1v) is 12.9. The number of sulfonamides is 2. The van der Waals surface area contributed by atoms with Crippen LogP contribution in [0.4, 0.5) is 17.1 Å². The van der Waals surface area contributed by atoms with Crippen LogP contribution in [-0.4, -0.2) is 29.0 Å². The lowest BCUT2D eigenvalue weighted by molar-refractivity contribution is 0.102. The predicted molar refractivity (Wildman–Crippen MR) is 126 cm³/mol. The number of aryl methyl sites for hydroxylation is 2. The molecule has 3 aromatic carbocycles. The Bertz CT molecular complexity index is 1370. The molecule has 0 bridgehead atoms. The molecule has 3 aromatic rings. The molecule has 0 aromatic heterocycles. The van der Waals surface area contributed by atoms with Crippen molar-refractivity contribution < 1.29 is 21.6 Å². The molecule has 0 radical (unpaired) electrons. The molecular formula is C22H23N3O5S2. The van der Waals surface area contributed by atoms with Crippen molar-refractivity contribution in [2.24, 2.45) is 0 Å². The van der Waals surface area contributed by atoms with Crippen molar-refractivity contribution in [3.05, 3.63) is 83.4 Å². The van der Waals surface area contributed by atoms with E-state index in [0.29, 0.717) is 22.6 Å². The van der Waals surface area contributed by atoms with Crippen LogP contribution in [0.15, 0.2) is 71.6 Å². The number of carbonyl (C=O) groups excluding carboxylic acids is 1. The maximum Gasteiger partial charge on any atom is 0.261 e. The highest BCUT2D eigenvalue weighted by Gasteiger charge is 2.15. The molecule has 0 saturated heterocycles. The zero-order valence-corrected chi connectivity index (χ0v) is 19.3. The van der Waals surface area contributed by atoms with E-state index in [9.17, 15) is 21.6 Å². The van der Waals surface area contributed by atoms with Crippen molar-refractivity contribution in [2.45, 2.75) is 18.7 Å². The minimum absolute atomic E-state index is 0.0481. The smallest absolute Gasteiger partial charge is 0.261 e. The van der Waals surface area contributed by atoms with E-state index in [1.165, 1.54) is 30.3 Å². The maximum atomic E-state index is 12.6. The first-order chi connectivity index (χ1) is 14.9. The number of anilines is 3. The Morgan fingerprint density at radius 3 is 2.09 bits per heavy atom. The first kappa shape index (κ1) is 23.3. The first-order valence-electron chi connectivity index (χ1n) is 9.52. The largest absolute Gasteiger partial charge is 0.322 e. The summed E-state index contributed by atoms with van der Waals surface area (Å²) in [6.07, 6.45) is 1.03. The standard InChI is InChI=1S/C22H23N3O5S2/c1-15-5-4-6-19(13-15)24-32(29,30)20-11-9-18(10-12-20)23-22(26)17-8-7-16(2)21(14-17)25-31(3,27)28/h4-14,24-25H,1-3H3,(H,23,26). The summed E-state index contributed by atoms with van der Waals surface area (Å²) in [5, 5.41) is 2.67. The van der Waals surface area contributed by atoms with Crippen molar-refractivity contribution in [1.29, 1.82) is 0 Å². The van der Waals surface area contributed by atoms with Crippen LogP contribution in [0, 0.1) is 13.8 Å². The molecule has 168 valence electrons. The van der Waals surface area contributed by atoms with Crippen LogP contribution >= 0.6 is 0 Å². The monoisotopic (exact) mass is 473 g/mol. The molecule has 3 N–H and O–H groups in total. The molecule has 0 saturated carbocycles. The second-order valence-electron chi connectivity index (χ2n) is 7.36. The molecule has 0 atom stereocenters. The van der Waals surface area contributed by atoms with Crippen LogP contribution in [-0.2, 0) is 20.0 Å². The molecule has 32 heavy (non-hydrogen) atoms. The third-order valence-corrected chi connectivity index (χ3v) is 6.48. The lowest BCUT2D eigenvalue weighted by Gasteiger charge is -2.12. The Balaban J connectivity index is 1.74. The lowest BCUT2D eigenvalue weighted by atomic mass is 10.1. The van der Waals surface area contributed by atoms with Crippen molar-refractivity contribution in [1.82, 2.24) is 0 Å². The minimum atomic E-state index is -3.78. The summed E-state index contributed by atoms with van der Waals surface area (Å²) in [6, 6.07) is 17.4. The van der Waals surface area contributed by atoms with Crippen molar-refractivity contribution in [3.8, 4) is 0 Å². The van der Waals surface area contributed by atoms with Crippen LogP contribution in [0.1, 0.15) is 21.5 Å². The van der Waals surface area contributed by atoms with Gasteiger partial charge in [-0.15, -0.1) is 0 Å². The van der Waals surface area contributed by atoms with Crippen molar-refractivity contribution >= 4 is 43.0 Å². The lowest BCUT2D eigenvalue weighted by Crippen LogP contribution is -2.15. The molecule has 0 aliphatic carbocycles. The second kappa shape index (κ2) is 9.01. The SMILES string of the molecule is Cc1cccc(NS(=O)(=O)c2ccc(NC(=O)c3ccc(C)c(NS(C)(=O)=O)c3)cc2)c1. The van der Waals surface area contributed by atoms with E-state index in [0.717, 1.165) is 11.8 Å². The van der Waals surface area contributed by atoms with Gasteiger partial charge in [-0.25, -0.2) is 16.8 Å². The Kier molecular flexibility index (Phi) is 6.56. The van der Waals surface area contributed by atoms with E-state index < -0.39 is 26.0 Å². The van der Waals surface area contributed by atoms with Gasteiger partial charge in [-0.2, -0.15) is 0 Å². The van der Waals surface area contributed by atoms with Crippen LogP contribution in [0.2, 0.25) is 0 Å². The predicted octanol–water partition coefficient (Wildman–Crippen LogP) is 3.73. The normalized spacial score (nSPS) is 11.6. The van der Waals surface area contributed by atoms with Gasteiger partial charge in [0, 0.05) is 16.9 Å². The van der Waals surface area contributed by atoms with Crippen molar-refractivity contribution in [3.63, 3.8) is 0 Å². The van der Waals surface area contributed by atoms with Gasteiger partial charge in [0.15, 0.2) is 0 Å². The fraction of sp³-hybridized carbons (Fsp3) is 0.136. The molecule has 0 unspecified atom stereocenters. The molecule has 0 aliphatic heterocycles. The summed E-state index contributed by atoms with van der Waals surface area (Å²) >= 11 is 0. The molecule has 1 amide bonds. The number of amides is 1. The average Bonchev–Trinajstić information content (AvgIpc) is 2.68. The molecule has 10 heteroatoms. The van der Waals surface area contributed by atoms with Gasteiger partial charge in [0.05, 0.1) is 16.8 Å². The summed E-state index contributed by atoms with van der Waals surface area (Å²) < 4.78 is 53.1. The molecule has 0 aliphatic rings. The van der Waals surface area contributed by atoms with Crippen molar-refractivity contribution in [2.75, 3.05) is 21.0 Å². The zero-order valence-electron chi connectivity index (χ0n) is 17.7.